The Morgan fingerprint density at radius 3 is 2.50 bits per heavy atom. The first-order chi connectivity index (χ1) is 9.29. The third kappa shape index (κ3) is 3.15. The van der Waals surface area contributed by atoms with Gasteiger partial charge in [0.15, 0.2) is 5.75 Å². The molecule has 0 saturated carbocycles. The smallest absolute Gasteiger partial charge is 0.262 e. The largest absolute Gasteiger partial charge is 0.504 e. The maximum atomic E-state index is 13.2. The molecule has 0 aliphatic heterocycles. The lowest BCUT2D eigenvalue weighted by molar-refractivity contribution is 0.476. The highest BCUT2D eigenvalue weighted by molar-refractivity contribution is 7.92. The molecule has 0 unspecified atom stereocenters. The number of rotatable bonds is 3. The highest BCUT2D eigenvalue weighted by Gasteiger charge is 2.18. The zero-order valence-electron chi connectivity index (χ0n) is 9.77. The van der Waals surface area contributed by atoms with E-state index in [1.54, 1.807) is 0 Å². The third-order valence-corrected chi connectivity index (χ3v) is 4.27. The predicted octanol–water partition coefficient (Wildman–Crippen LogP) is 3.64. The minimum Gasteiger partial charge on any atom is -0.504 e. The van der Waals surface area contributed by atoms with Crippen LogP contribution >= 0.6 is 23.2 Å². The summed E-state index contributed by atoms with van der Waals surface area (Å²) in [6.07, 6.45) is 0. The van der Waals surface area contributed by atoms with Crippen LogP contribution in [0, 0.1) is 5.82 Å². The Labute approximate surface area is 124 Å². The quantitative estimate of drug-likeness (QED) is 0.841. The average molecular weight is 336 g/mol. The summed E-state index contributed by atoms with van der Waals surface area (Å²) in [6, 6.07) is 7.19. The number of hydrogen-bond acceptors (Lipinski definition) is 3. The summed E-state index contributed by atoms with van der Waals surface area (Å²) in [6.45, 7) is 0. The van der Waals surface area contributed by atoms with E-state index in [9.17, 15) is 17.9 Å². The first kappa shape index (κ1) is 14.9. The molecule has 2 aromatic carbocycles. The molecule has 0 heterocycles. The second-order valence-electron chi connectivity index (χ2n) is 3.85. The minimum absolute atomic E-state index is 0.121. The lowest BCUT2D eigenvalue weighted by atomic mass is 10.3. The van der Waals surface area contributed by atoms with Crippen molar-refractivity contribution in [2.24, 2.45) is 0 Å². The van der Waals surface area contributed by atoms with Crippen molar-refractivity contribution in [1.82, 2.24) is 0 Å². The van der Waals surface area contributed by atoms with E-state index in [1.807, 2.05) is 0 Å². The minimum atomic E-state index is -4.01. The molecule has 2 aromatic rings. The van der Waals surface area contributed by atoms with Gasteiger partial charge in [0, 0.05) is 11.1 Å². The first-order valence-electron chi connectivity index (χ1n) is 5.26. The predicted molar refractivity (Wildman–Crippen MR) is 75.3 cm³/mol. The van der Waals surface area contributed by atoms with Gasteiger partial charge in [-0.15, -0.1) is 0 Å². The zero-order chi connectivity index (χ0) is 14.9. The SMILES string of the molecule is O=S(=O)(Nc1cc(F)cc(Cl)c1O)c1cccc(Cl)c1. The summed E-state index contributed by atoms with van der Waals surface area (Å²) in [5.74, 6) is -1.34. The van der Waals surface area contributed by atoms with Crippen molar-refractivity contribution >= 4 is 38.9 Å². The lowest BCUT2D eigenvalue weighted by Gasteiger charge is -2.11. The van der Waals surface area contributed by atoms with E-state index in [0.717, 1.165) is 12.1 Å². The van der Waals surface area contributed by atoms with Gasteiger partial charge in [0.05, 0.1) is 15.6 Å². The van der Waals surface area contributed by atoms with E-state index >= 15 is 0 Å². The molecule has 0 spiro atoms. The summed E-state index contributed by atoms with van der Waals surface area (Å²) in [5.41, 5.74) is -0.352. The van der Waals surface area contributed by atoms with Gasteiger partial charge in [0.2, 0.25) is 0 Å². The Kier molecular flexibility index (Phi) is 4.08. The van der Waals surface area contributed by atoms with Gasteiger partial charge in [-0.25, -0.2) is 12.8 Å². The van der Waals surface area contributed by atoms with Crippen LogP contribution in [0.15, 0.2) is 41.3 Å². The normalized spacial score (nSPS) is 11.3. The van der Waals surface area contributed by atoms with E-state index in [1.165, 1.54) is 24.3 Å². The molecule has 0 atom stereocenters. The van der Waals surface area contributed by atoms with Crippen LogP contribution in [0.3, 0.4) is 0 Å². The van der Waals surface area contributed by atoms with Crippen molar-refractivity contribution in [3.8, 4) is 5.75 Å². The molecule has 0 aliphatic carbocycles. The fourth-order valence-electron chi connectivity index (χ4n) is 1.48. The molecule has 0 amide bonds. The fourth-order valence-corrected chi connectivity index (χ4v) is 3.05. The number of sulfonamides is 1. The molecule has 0 aliphatic rings. The maximum absolute atomic E-state index is 13.2. The van der Waals surface area contributed by atoms with Gasteiger partial charge >= 0.3 is 0 Å². The lowest BCUT2D eigenvalue weighted by Crippen LogP contribution is -2.13. The molecule has 8 heteroatoms. The van der Waals surface area contributed by atoms with Crippen LogP contribution in [-0.2, 0) is 10.0 Å². The molecule has 20 heavy (non-hydrogen) atoms. The van der Waals surface area contributed by atoms with Crippen molar-refractivity contribution in [3.05, 3.63) is 52.3 Å². The van der Waals surface area contributed by atoms with Gasteiger partial charge in [-0.1, -0.05) is 29.3 Å². The summed E-state index contributed by atoms with van der Waals surface area (Å²) in [5, 5.41) is 9.57. The summed E-state index contributed by atoms with van der Waals surface area (Å²) >= 11 is 11.3. The molecule has 0 bridgehead atoms. The van der Waals surface area contributed by atoms with Crippen molar-refractivity contribution in [2.75, 3.05) is 4.72 Å². The molecule has 106 valence electrons. The van der Waals surface area contributed by atoms with Crippen LogP contribution in [0.1, 0.15) is 0 Å². The molecular weight excluding hydrogens is 328 g/mol. The Bertz CT molecular complexity index is 765. The Balaban J connectivity index is 2.44. The van der Waals surface area contributed by atoms with Gasteiger partial charge in [0.25, 0.3) is 10.0 Å². The number of anilines is 1. The number of phenolic OH excluding ortho intramolecular Hbond substituents is 1. The topological polar surface area (TPSA) is 66.4 Å². The molecule has 4 nitrogen and oxygen atoms in total. The van der Waals surface area contributed by atoms with Gasteiger partial charge < -0.3 is 5.11 Å². The average Bonchev–Trinajstić information content (AvgIpc) is 2.35. The summed E-state index contributed by atoms with van der Waals surface area (Å²) < 4.78 is 39.4. The van der Waals surface area contributed by atoms with Gasteiger partial charge in [-0.05, 0) is 24.3 Å². The van der Waals surface area contributed by atoms with Gasteiger partial charge in [-0.2, -0.15) is 0 Å². The zero-order valence-corrected chi connectivity index (χ0v) is 12.1. The van der Waals surface area contributed by atoms with E-state index in [2.05, 4.69) is 4.72 Å². The molecule has 0 radical (unpaired) electrons. The molecule has 0 saturated heterocycles. The van der Waals surface area contributed by atoms with Crippen LogP contribution in [0.4, 0.5) is 10.1 Å². The van der Waals surface area contributed by atoms with E-state index in [-0.39, 0.29) is 20.6 Å². The number of hydrogen-bond donors (Lipinski definition) is 2. The van der Waals surface area contributed by atoms with Crippen LogP contribution in [-0.4, -0.2) is 13.5 Å². The van der Waals surface area contributed by atoms with Crippen LogP contribution in [0.2, 0.25) is 10.0 Å². The Hall–Kier alpha value is -1.50. The number of aromatic hydroxyl groups is 1. The van der Waals surface area contributed by atoms with Crippen LogP contribution in [0.5, 0.6) is 5.75 Å². The summed E-state index contributed by atoms with van der Waals surface area (Å²) in [4.78, 5) is -0.121. The molecule has 2 N–H and O–H groups in total. The number of nitrogens with one attached hydrogen (secondary N) is 1. The second kappa shape index (κ2) is 5.47. The molecular formula is C12H8Cl2FNO3S. The Morgan fingerprint density at radius 2 is 1.85 bits per heavy atom. The maximum Gasteiger partial charge on any atom is 0.262 e. The van der Waals surface area contributed by atoms with Crippen LogP contribution in [0.25, 0.3) is 0 Å². The van der Waals surface area contributed by atoms with E-state index in [0.29, 0.717) is 0 Å². The number of benzene rings is 2. The molecule has 0 aromatic heterocycles. The molecule has 0 fully saturated rings. The number of halogens is 3. The van der Waals surface area contributed by atoms with Gasteiger partial charge in [-0.3, -0.25) is 4.72 Å². The van der Waals surface area contributed by atoms with Crippen molar-refractivity contribution < 1.29 is 17.9 Å². The fraction of sp³-hybridized carbons (Fsp3) is 0. The second-order valence-corrected chi connectivity index (χ2v) is 6.37. The number of phenols is 1. The monoisotopic (exact) mass is 335 g/mol. The standard InChI is InChI=1S/C12H8Cl2FNO3S/c13-7-2-1-3-9(4-7)20(18,19)16-11-6-8(15)5-10(14)12(11)17/h1-6,16-17H. The third-order valence-electron chi connectivity index (χ3n) is 2.38. The van der Waals surface area contributed by atoms with E-state index < -0.39 is 21.6 Å². The highest BCUT2D eigenvalue weighted by Crippen LogP contribution is 2.34. The first-order valence-corrected chi connectivity index (χ1v) is 7.50. The summed E-state index contributed by atoms with van der Waals surface area (Å²) in [7, 11) is -4.01. The van der Waals surface area contributed by atoms with Crippen LogP contribution < -0.4 is 4.72 Å². The van der Waals surface area contributed by atoms with Crippen molar-refractivity contribution in [1.29, 1.82) is 0 Å². The van der Waals surface area contributed by atoms with Crippen molar-refractivity contribution in [2.45, 2.75) is 4.90 Å². The molecule has 2 rings (SSSR count). The van der Waals surface area contributed by atoms with Crippen molar-refractivity contribution in [3.63, 3.8) is 0 Å². The van der Waals surface area contributed by atoms with E-state index in [4.69, 9.17) is 23.2 Å². The Morgan fingerprint density at radius 1 is 1.15 bits per heavy atom. The van der Waals surface area contributed by atoms with Gasteiger partial charge in [0.1, 0.15) is 5.82 Å². The highest BCUT2D eigenvalue weighted by atomic mass is 35.5.